The van der Waals surface area contributed by atoms with Crippen molar-refractivity contribution in [1.29, 1.82) is 0 Å². The first-order valence-corrected chi connectivity index (χ1v) is 6.80. The second kappa shape index (κ2) is 6.22. The van der Waals surface area contributed by atoms with E-state index in [9.17, 15) is 0 Å². The summed E-state index contributed by atoms with van der Waals surface area (Å²) in [5, 5.41) is 3.23. The number of hydrogen-bond donors (Lipinski definition) is 1. The van der Waals surface area contributed by atoms with Crippen molar-refractivity contribution in [2.24, 2.45) is 0 Å². The Bertz CT molecular complexity index is 332. The highest BCUT2D eigenvalue weighted by Crippen LogP contribution is 2.18. The SMILES string of the molecule is CNCc1cccn1CCC1CCCCN1C. The minimum atomic E-state index is 0.786. The quantitative estimate of drug-likeness (QED) is 0.843. The maximum Gasteiger partial charge on any atom is 0.0356 e. The third kappa shape index (κ3) is 3.33. The number of piperidine rings is 1. The second-order valence-corrected chi connectivity index (χ2v) is 5.14. The summed E-state index contributed by atoms with van der Waals surface area (Å²) in [6, 6.07) is 5.15. The predicted octanol–water partition coefficient (Wildman–Crippen LogP) is 2.08. The van der Waals surface area contributed by atoms with Crippen molar-refractivity contribution < 1.29 is 0 Å². The Labute approximate surface area is 105 Å². The number of rotatable bonds is 5. The molecule has 1 saturated heterocycles. The van der Waals surface area contributed by atoms with E-state index >= 15 is 0 Å². The summed E-state index contributed by atoms with van der Waals surface area (Å²) in [5.74, 6) is 0. The van der Waals surface area contributed by atoms with E-state index in [1.165, 1.54) is 37.9 Å². The van der Waals surface area contributed by atoms with Crippen molar-refractivity contribution in [1.82, 2.24) is 14.8 Å². The molecule has 0 bridgehead atoms. The van der Waals surface area contributed by atoms with Gasteiger partial charge in [-0.25, -0.2) is 0 Å². The molecule has 0 spiro atoms. The minimum absolute atomic E-state index is 0.786. The van der Waals surface area contributed by atoms with E-state index in [-0.39, 0.29) is 0 Å². The molecule has 96 valence electrons. The highest BCUT2D eigenvalue weighted by molar-refractivity contribution is 5.06. The topological polar surface area (TPSA) is 20.2 Å². The normalized spacial score (nSPS) is 21.9. The van der Waals surface area contributed by atoms with Crippen LogP contribution in [0.3, 0.4) is 0 Å². The Balaban J connectivity index is 1.86. The third-order valence-electron chi connectivity index (χ3n) is 3.91. The van der Waals surface area contributed by atoms with Crippen LogP contribution in [0.5, 0.6) is 0 Å². The van der Waals surface area contributed by atoms with Crippen LogP contribution in [0, 0.1) is 0 Å². The number of aromatic nitrogens is 1. The predicted molar refractivity (Wildman–Crippen MR) is 72.1 cm³/mol. The Kier molecular flexibility index (Phi) is 4.63. The highest BCUT2D eigenvalue weighted by Gasteiger charge is 2.18. The van der Waals surface area contributed by atoms with Crippen LogP contribution < -0.4 is 5.32 Å². The van der Waals surface area contributed by atoms with Crippen molar-refractivity contribution in [2.75, 3.05) is 20.6 Å². The molecule has 0 radical (unpaired) electrons. The number of hydrogen-bond acceptors (Lipinski definition) is 2. The summed E-state index contributed by atoms with van der Waals surface area (Å²) >= 11 is 0. The van der Waals surface area contributed by atoms with Crippen molar-refractivity contribution in [3.05, 3.63) is 24.0 Å². The molecule has 1 aliphatic heterocycles. The average molecular weight is 235 g/mol. The molecule has 1 aromatic heterocycles. The fourth-order valence-corrected chi connectivity index (χ4v) is 2.81. The Morgan fingerprint density at radius 2 is 2.29 bits per heavy atom. The van der Waals surface area contributed by atoms with Crippen molar-refractivity contribution in [2.45, 2.75) is 44.8 Å². The zero-order valence-corrected chi connectivity index (χ0v) is 11.2. The summed E-state index contributed by atoms with van der Waals surface area (Å²) in [4.78, 5) is 2.53. The Morgan fingerprint density at radius 3 is 3.06 bits per heavy atom. The molecule has 0 amide bonds. The van der Waals surface area contributed by atoms with Crippen LogP contribution >= 0.6 is 0 Å². The van der Waals surface area contributed by atoms with E-state index in [0.717, 1.165) is 19.1 Å². The highest BCUT2D eigenvalue weighted by atomic mass is 15.1. The van der Waals surface area contributed by atoms with E-state index in [4.69, 9.17) is 0 Å². The lowest BCUT2D eigenvalue weighted by atomic mass is 10.0. The van der Waals surface area contributed by atoms with E-state index in [1.807, 2.05) is 7.05 Å². The van der Waals surface area contributed by atoms with Gasteiger partial charge in [-0.05, 0) is 52.0 Å². The van der Waals surface area contributed by atoms with Gasteiger partial charge in [0.25, 0.3) is 0 Å². The molecule has 3 heteroatoms. The number of nitrogens with one attached hydrogen (secondary N) is 1. The third-order valence-corrected chi connectivity index (χ3v) is 3.91. The molecule has 1 aromatic rings. The molecule has 1 aliphatic rings. The monoisotopic (exact) mass is 235 g/mol. The average Bonchev–Trinajstić information content (AvgIpc) is 2.76. The Morgan fingerprint density at radius 1 is 1.41 bits per heavy atom. The number of likely N-dealkylation sites (tertiary alicyclic amines) is 1. The summed E-state index contributed by atoms with van der Waals surface area (Å²) in [7, 11) is 4.28. The molecule has 1 unspecified atom stereocenters. The molecule has 3 nitrogen and oxygen atoms in total. The van der Waals surface area contributed by atoms with Gasteiger partial charge in [-0.2, -0.15) is 0 Å². The van der Waals surface area contributed by atoms with Gasteiger partial charge < -0.3 is 14.8 Å². The molecular formula is C14H25N3. The van der Waals surface area contributed by atoms with Crippen molar-refractivity contribution in [3.8, 4) is 0 Å². The lowest BCUT2D eigenvalue weighted by Crippen LogP contribution is -2.36. The smallest absolute Gasteiger partial charge is 0.0356 e. The van der Waals surface area contributed by atoms with Gasteiger partial charge in [0.1, 0.15) is 0 Å². The summed E-state index contributed by atoms with van der Waals surface area (Å²) < 4.78 is 2.39. The van der Waals surface area contributed by atoms with Crippen LogP contribution in [0.1, 0.15) is 31.4 Å². The molecule has 2 rings (SSSR count). The van der Waals surface area contributed by atoms with Crippen LogP contribution in [0.25, 0.3) is 0 Å². The fourth-order valence-electron chi connectivity index (χ4n) is 2.81. The molecule has 0 aromatic carbocycles. The van der Waals surface area contributed by atoms with Crippen LogP contribution in [-0.2, 0) is 13.1 Å². The maximum atomic E-state index is 3.23. The molecule has 2 heterocycles. The lowest BCUT2D eigenvalue weighted by molar-refractivity contribution is 0.171. The first kappa shape index (κ1) is 12.7. The molecule has 17 heavy (non-hydrogen) atoms. The van der Waals surface area contributed by atoms with E-state index in [1.54, 1.807) is 0 Å². The van der Waals surface area contributed by atoms with Gasteiger partial charge in [0.2, 0.25) is 0 Å². The van der Waals surface area contributed by atoms with E-state index in [0.29, 0.717) is 0 Å². The van der Waals surface area contributed by atoms with Crippen LogP contribution in [-0.4, -0.2) is 36.1 Å². The van der Waals surface area contributed by atoms with Gasteiger partial charge in [0.15, 0.2) is 0 Å². The van der Waals surface area contributed by atoms with Crippen molar-refractivity contribution in [3.63, 3.8) is 0 Å². The fraction of sp³-hybridized carbons (Fsp3) is 0.714. The van der Waals surface area contributed by atoms with Gasteiger partial charge in [-0.3, -0.25) is 0 Å². The molecule has 1 atom stereocenters. The van der Waals surface area contributed by atoms with Crippen LogP contribution in [0.2, 0.25) is 0 Å². The maximum absolute atomic E-state index is 3.23. The summed E-state index contributed by atoms with van der Waals surface area (Å²) in [6.07, 6.45) is 7.64. The Hall–Kier alpha value is -0.800. The molecule has 1 fully saturated rings. The zero-order chi connectivity index (χ0) is 12.1. The van der Waals surface area contributed by atoms with Gasteiger partial charge >= 0.3 is 0 Å². The molecule has 0 saturated carbocycles. The molecule has 0 aliphatic carbocycles. The van der Waals surface area contributed by atoms with Gasteiger partial charge in [0.05, 0.1) is 0 Å². The number of nitrogens with zero attached hydrogens (tertiary/aromatic N) is 2. The lowest BCUT2D eigenvalue weighted by Gasteiger charge is -2.32. The molecule has 1 N–H and O–H groups in total. The van der Waals surface area contributed by atoms with E-state index in [2.05, 4.69) is 40.2 Å². The van der Waals surface area contributed by atoms with Gasteiger partial charge in [-0.15, -0.1) is 0 Å². The van der Waals surface area contributed by atoms with Crippen LogP contribution in [0.4, 0.5) is 0 Å². The largest absolute Gasteiger partial charge is 0.350 e. The molecular weight excluding hydrogens is 210 g/mol. The van der Waals surface area contributed by atoms with Gasteiger partial charge in [-0.1, -0.05) is 6.42 Å². The first-order chi connectivity index (χ1) is 8.31. The minimum Gasteiger partial charge on any atom is -0.350 e. The zero-order valence-electron chi connectivity index (χ0n) is 11.2. The second-order valence-electron chi connectivity index (χ2n) is 5.14. The summed E-state index contributed by atoms with van der Waals surface area (Å²) in [6.45, 7) is 3.40. The number of aryl methyl sites for hydroxylation is 1. The van der Waals surface area contributed by atoms with Gasteiger partial charge in [0, 0.05) is 31.0 Å². The van der Waals surface area contributed by atoms with Crippen molar-refractivity contribution >= 4 is 0 Å². The first-order valence-electron chi connectivity index (χ1n) is 6.80. The van der Waals surface area contributed by atoms with E-state index < -0.39 is 0 Å². The standard InChI is InChI=1S/C14H25N3/c1-15-12-14-7-5-10-17(14)11-8-13-6-3-4-9-16(13)2/h5,7,10,13,15H,3-4,6,8-9,11-12H2,1-2H3. The summed E-state index contributed by atoms with van der Waals surface area (Å²) in [5.41, 5.74) is 1.39. The van der Waals surface area contributed by atoms with Crippen LogP contribution in [0.15, 0.2) is 18.3 Å².